The Morgan fingerprint density at radius 3 is 1.12 bits per heavy atom. The molecule has 0 aliphatic carbocycles. The van der Waals surface area contributed by atoms with Gasteiger partial charge in [0.2, 0.25) is 0 Å². The highest BCUT2D eigenvalue weighted by atomic mass is 15.2. The van der Waals surface area contributed by atoms with Crippen LogP contribution in [0.5, 0.6) is 0 Å². The minimum atomic E-state index is 0.258. The molecule has 0 amide bonds. The molecule has 2 nitrogen and oxygen atoms in total. The molecule has 0 spiro atoms. The van der Waals surface area contributed by atoms with Crippen molar-refractivity contribution in [2.45, 2.75) is 12.1 Å². The van der Waals surface area contributed by atoms with Crippen molar-refractivity contribution < 1.29 is 0 Å². The number of hydrogen-bond acceptors (Lipinski definition) is 2. The monoisotopic (exact) mass is 320 g/mol. The maximum Gasteiger partial charge on any atom is 0.0540 e. The first-order chi connectivity index (χ1) is 11.5. The van der Waals surface area contributed by atoms with Gasteiger partial charge in [-0.15, -0.1) is 0 Å². The highest BCUT2D eigenvalue weighted by molar-refractivity contribution is 5.49. The van der Waals surface area contributed by atoms with Gasteiger partial charge in [-0.25, -0.2) is 0 Å². The first-order valence-corrected chi connectivity index (χ1v) is 8.25. The summed E-state index contributed by atoms with van der Waals surface area (Å²) in [5.74, 6) is 0. The van der Waals surface area contributed by atoms with Gasteiger partial charge in [0.05, 0.1) is 12.1 Å². The standard InChI is InChI=1S/C22H28N2/c1-7-17-9-13-19(14-10-17)21(23(3)4)22(24(5)6)20-15-11-18(8-2)12-16-20/h7-16,21-22H,1-2H2,3-6H3. The maximum absolute atomic E-state index is 3.84. The highest BCUT2D eigenvalue weighted by Crippen LogP contribution is 2.36. The van der Waals surface area contributed by atoms with E-state index >= 15 is 0 Å². The van der Waals surface area contributed by atoms with E-state index in [-0.39, 0.29) is 12.1 Å². The molecule has 0 bridgehead atoms. The van der Waals surface area contributed by atoms with Crippen LogP contribution in [0.1, 0.15) is 34.3 Å². The van der Waals surface area contributed by atoms with Gasteiger partial charge < -0.3 is 9.80 Å². The van der Waals surface area contributed by atoms with Crippen LogP contribution in [-0.2, 0) is 0 Å². The van der Waals surface area contributed by atoms with Gasteiger partial charge in [0.1, 0.15) is 0 Å². The average Bonchev–Trinajstić information content (AvgIpc) is 2.59. The normalized spacial score (nSPS) is 13.8. The van der Waals surface area contributed by atoms with E-state index in [9.17, 15) is 0 Å². The van der Waals surface area contributed by atoms with Gasteiger partial charge in [0.15, 0.2) is 0 Å². The number of benzene rings is 2. The number of likely N-dealkylation sites (N-methyl/N-ethyl adjacent to an activating group) is 2. The summed E-state index contributed by atoms with van der Waals surface area (Å²) in [6, 6.07) is 17.9. The van der Waals surface area contributed by atoms with Crippen LogP contribution in [0.2, 0.25) is 0 Å². The molecule has 0 aromatic heterocycles. The molecule has 0 saturated carbocycles. The Bertz CT molecular complexity index is 605. The van der Waals surface area contributed by atoms with E-state index < -0.39 is 0 Å². The Balaban J connectivity index is 2.46. The Morgan fingerprint density at radius 2 is 0.917 bits per heavy atom. The molecular weight excluding hydrogens is 292 g/mol. The summed E-state index contributed by atoms with van der Waals surface area (Å²) in [4.78, 5) is 4.57. The highest BCUT2D eigenvalue weighted by Gasteiger charge is 2.28. The predicted molar refractivity (Wildman–Crippen MR) is 106 cm³/mol. The first kappa shape index (κ1) is 18.2. The van der Waals surface area contributed by atoms with Crippen molar-refractivity contribution in [3.05, 3.63) is 83.9 Å². The fraction of sp³-hybridized carbons (Fsp3) is 0.273. The van der Waals surface area contributed by atoms with Crippen molar-refractivity contribution in [2.75, 3.05) is 28.2 Å². The van der Waals surface area contributed by atoms with Crippen molar-refractivity contribution in [3.8, 4) is 0 Å². The smallest absolute Gasteiger partial charge is 0.0540 e. The van der Waals surface area contributed by atoms with E-state index in [1.54, 1.807) is 0 Å². The summed E-state index contributed by atoms with van der Waals surface area (Å²) in [7, 11) is 8.56. The molecule has 2 aromatic rings. The van der Waals surface area contributed by atoms with Gasteiger partial charge in [-0.1, -0.05) is 73.8 Å². The van der Waals surface area contributed by atoms with Gasteiger partial charge in [-0.05, 0) is 50.4 Å². The van der Waals surface area contributed by atoms with Crippen LogP contribution in [0.4, 0.5) is 0 Å². The van der Waals surface area contributed by atoms with Crippen LogP contribution in [0.25, 0.3) is 12.2 Å². The Hall–Kier alpha value is -2.16. The Labute approximate surface area is 146 Å². The summed E-state index contributed by atoms with van der Waals surface area (Å²) >= 11 is 0. The molecule has 0 aliphatic heterocycles. The number of hydrogen-bond donors (Lipinski definition) is 0. The zero-order valence-electron chi connectivity index (χ0n) is 15.2. The lowest BCUT2D eigenvalue weighted by Crippen LogP contribution is -2.34. The van der Waals surface area contributed by atoms with E-state index in [0.29, 0.717) is 0 Å². The van der Waals surface area contributed by atoms with Crippen molar-refractivity contribution in [1.29, 1.82) is 0 Å². The lowest BCUT2D eigenvalue weighted by atomic mass is 9.90. The molecule has 2 rings (SSSR count). The molecule has 0 saturated heterocycles. The van der Waals surface area contributed by atoms with Gasteiger partial charge >= 0.3 is 0 Å². The Kier molecular flexibility index (Phi) is 6.13. The average molecular weight is 320 g/mol. The predicted octanol–water partition coefficient (Wildman–Crippen LogP) is 4.88. The van der Waals surface area contributed by atoms with E-state index in [0.717, 1.165) is 11.1 Å². The molecular formula is C22H28N2. The van der Waals surface area contributed by atoms with Gasteiger partial charge in [-0.3, -0.25) is 0 Å². The fourth-order valence-corrected chi connectivity index (χ4v) is 3.18. The third-order valence-electron chi connectivity index (χ3n) is 4.44. The lowest BCUT2D eigenvalue weighted by molar-refractivity contribution is 0.152. The van der Waals surface area contributed by atoms with Crippen LogP contribution in [0.15, 0.2) is 61.7 Å². The van der Waals surface area contributed by atoms with Crippen LogP contribution in [0.3, 0.4) is 0 Å². The first-order valence-electron chi connectivity index (χ1n) is 8.25. The van der Waals surface area contributed by atoms with Crippen molar-refractivity contribution >= 4 is 12.2 Å². The molecule has 0 aliphatic rings. The molecule has 2 atom stereocenters. The molecule has 126 valence electrons. The molecule has 0 heterocycles. The van der Waals surface area contributed by atoms with Crippen LogP contribution in [-0.4, -0.2) is 38.0 Å². The van der Waals surface area contributed by atoms with Gasteiger partial charge in [-0.2, -0.15) is 0 Å². The van der Waals surface area contributed by atoms with E-state index in [1.165, 1.54) is 11.1 Å². The van der Waals surface area contributed by atoms with Crippen LogP contribution >= 0.6 is 0 Å². The van der Waals surface area contributed by atoms with Gasteiger partial charge in [0.25, 0.3) is 0 Å². The SMILES string of the molecule is C=Cc1ccc(C(C(c2ccc(C=C)cc2)N(C)C)N(C)C)cc1. The van der Waals surface area contributed by atoms with Crippen molar-refractivity contribution in [2.24, 2.45) is 0 Å². The molecule has 0 fully saturated rings. The van der Waals surface area contributed by atoms with E-state index in [2.05, 4.69) is 99.7 Å². The molecule has 24 heavy (non-hydrogen) atoms. The topological polar surface area (TPSA) is 6.48 Å². The summed E-state index contributed by atoms with van der Waals surface area (Å²) in [5, 5.41) is 0. The third-order valence-corrected chi connectivity index (χ3v) is 4.44. The fourth-order valence-electron chi connectivity index (χ4n) is 3.18. The van der Waals surface area contributed by atoms with E-state index in [1.807, 2.05) is 12.2 Å². The van der Waals surface area contributed by atoms with Crippen LogP contribution < -0.4 is 0 Å². The van der Waals surface area contributed by atoms with Crippen LogP contribution in [0, 0.1) is 0 Å². The molecule has 2 unspecified atom stereocenters. The summed E-state index contributed by atoms with van der Waals surface area (Å²) in [5.41, 5.74) is 4.90. The van der Waals surface area contributed by atoms with Gasteiger partial charge in [0, 0.05) is 0 Å². The zero-order valence-corrected chi connectivity index (χ0v) is 15.2. The largest absolute Gasteiger partial charge is 0.301 e. The van der Waals surface area contributed by atoms with Crippen molar-refractivity contribution in [1.82, 2.24) is 9.80 Å². The second-order valence-electron chi connectivity index (χ2n) is 6.56. The number of nitrogens with zero attached hydrogens (tertiary/aromatic N) is 2. The van der Waals surface area contributed by atoms with Crippen molar-refractivity contribution in [3.63, 3.8) is 0 Å². The maximum atomic E-state index is 3.84. The molecule has 2 heteroatoms. The lowest BCUT2D eigenvalue weighted by Gasteiger charge is -2.37. The summed E-state index contributed by atoms with van der Waals surface area (Å²) in [6.45, 7) is 7.68. The van der Waals surface area contributed by atoms with E-state index in [4.69, 9.17) is 0 Å². The zero-order chi connectivity index (χ0) is 17.7. The quantitative estimate of drug-likeness (QED) is 0.717. The second kappa shape index (κ2) is 8.09. The number of rotatable bonds is 7. The molecule has 2 aromatic carbocycles. The summed E-state index contributed by atoms with van der Waals surface area (Å²) in [6.07, 6.45) is 3.76. The minimum absolute atomic E-state index is 0.258. The summed E-state index contributed by atoms with van der Waals surface area (Å²) < 4.78 is 0. The minimum Gasteiger partial charge on any atom is -0.301 e. The molecule has 0 radical (unpaired) electrons. The molecule has 0 N–H and O–H groups in total. The third kappa shape index (κ3) is 4.02. The second-order valence-corrected chi connectivity index (χ2v) is 6.56. The Morgan fingerprint density at radius 1 is 0.625 bits per heavy atom.